The fourth-order valence-electron chi connectivity index (χ4n) is 2.70. The molecule has 1 heterocycles. The zero-order valence-corrected chi connectivity index (χ0v) is 13.2. The van der Waals surface area contributed by atoms with Gasteiger partial charge < -0.3 is 9.64 Å². The van der Waals surface area contributed by atoms with Crippen molar-refractivity contribution in [2.24, 2.45) is 0 Å². The minimum absolute atomic E-state index is 0.101. The van der Waals surface area contributed by atoms with Crippen LogP contribution in [0.2, 0.25) is 5.02 Å². The van der Waals surface area contributed by atoms with Crippen molar-refractivity contribution in [3.63, 3.8) is 0 Å². The van der Waals surface area contributed by atoms with Crippen LogP contribution in [0.25, 0.3) is 0 Å². The molecule has 1 aromatic rings. The second-order valence-electron chi connectivity index (χ2n) is 5.41. The van der Waals surface area contributed by atoms with Crippen LogP contribution in [0.15, 0.2) is 18.2 Å². The number of hydrogen-bond donors (Lipinski definition) is 0. The summed E-state index contributed by atoms with van der Waals surface area (Å²) < 4.78 is 4.72. The zero-order chi connectivity index (χ0) is 15.4. The molecule has 1 unspecified atom stereocenters. The van der Waals surface area contributed by atoms with Gasteiger partial charge in [-0.25, -0.2) is 0 Å². The van der Waals surface area contributed by atoms with Gasteiger partial charge in [-0.15, -0.1) is 0 Å². The van der Waals surface area contributed by atoms with Gasteiger partial charge in [0.15, 0.2) is 0 Å². The van der Waals surface area contributed by atoms with Crippen molar-refractivity contribution in [3.05, 3.63) is 34.3 Å². The molecule has 0 aromatic heterocycles. The van der Waals surface area contributed by atoms with Gasteiger partial charge in [0.2, 0.25) is 0 Å². The number of methoxy groups -OCH3 is 1. The van der Waals surface area contributed by atoms with E-state index in [-0.39, 0.29) is 24.3 Å². The standard InChI is InChI=1S/C16H20ClNO3/c1-11-6-7-13(14(17)9-11)16(20)18-8-4-3-5-12(18)10-15(19)21-2/h6-7,9,12H,3-5,8,10H2,1-2H3. The lowest BCUT2D eigenvalue weighted by Crippen LogP contribution is -2.45. The van der Waals surface area contributed by atoms with Gasteiger partial charge in [-0.2, -0.15) is 0 Å². The molecule has 1 atom stereocenters. The summed E-state index contributed by atoms with van der Waals surface area (Å²) >= 11 is 6.19. The Kier molecular flexibility index (Phi) is 5.23. The van der Waals surface area contributed by atoms with Gasteiger partial charge in [0.1, 0.15) is 0 Å². The minimum Gasteiger partial charge on any atom is -0.469 e. The fraction of sp³-hybridized carbons (Fsp3) is 0.500. The highest BCUT2D eigenvalue weighted by molar-refractivity contribution is 6.33. The van der Waals surface area contributed by atoms with Gasteiger partial charge in [-0.05, 0) is 43.9 Å². The third-order valence-corrected chi connectivity index (χ3v) is 4.19. The summed E-state index contributed by atoms with van der Waals surface area (Å²) in [5.41, 5.74) is 1.51. The Morgan fingerprint density at radius 2 is 2.14 bits per heavy atom. The number of benzene rings is 1. The molecule has 0 bridgehead atoms. The predicted octanol–water partition coefficient (Wildman–Crippen LogP) is 3.21. The summed E-state index contributed by atoms with van der Waals surface area (Å²) in [5.74, 6) is -0.386. The maximum atomic E-state index is 12.7. The van der Waals surface area contributed by atoms with Crippen molar-refractivity contribution < 1.29 is 14.3 Å². The van der Waals surface area contributed by atoms with E-state index in [0.717, 1.165) is 24.8 Å². The van der Waals surface area contributed by atoms with Crippen LogP contribution >= 0.6 is 11.6 Å². The zero-order valence-electron chi connectivity index (χ0n) is 12.4. The molecule has 114 valence electrons. The number of nitrogens with zero attached hydrogens (tertiary/aromatic N) is 1. The van der Waals surface area contributed by atoms with E-state index in [4.69, 9.17) is 16.3 Å². The molecule has 21 heavy (non-hydrogen) atoms. The summed E-state index contributed by atoms with van der Waals surface area (Å²) in [5, 5.41) is 0.461. The van der Waals surface area contributed by atoms with E-state index in [2.05, 4.69) is 0 Å². The van der Waals surface area contributed by atoms with Crippen molar-refractivity contribution >= 4 is 23.5 Å². The van der Waals surface area contributed by atoms with Gasteiger partial charge >= 0.3 is 5.97 Å². The van der Waals surface area contributed by atoms with E-state index < -0.39 is 0 Å². The molecule has 2 rings (SSSR count). The molecule has 0 spiro atoms. The van der Waals surface area contributed by atoms with E-state index >= 15 is 0 Å². The molecule has 1 aromatic carbocycles. The first-order valence-electron chi connectivity index (χ1n) is 7.17. The molecule has 4 nitrogen and oxygen atoms in total. The Hall–Kier alpha value is -1.55. The maximum Gasteiger partial charge on any atom is 0.307 e. The molecular formula is C16H20ClNO3. The van der Waals surface area contributed by atoms with Gasteiger partial charge in [0.05, 0.1) is 24.1 Å². The second-order valence-corrected chi connectivity index (χ2v) is 5.82. The van der Waals surface area contributed by atoms with E-state index in [0.29, 0.717) is 17.1 Å². The number of piperidine rings is 1. The van der Waals surface area contributed by atoms with Gasteiger partial charge in [0.25, 0.3) is 5.91 Å². The molecule has 0 saturated carbocycles. The van der Waals surface area contributed by atoms with Gasteiger partial charge in [0, 0.05) is 12.6 Å². The summed E-state index contributed by atoms with van der Waals surface area (Å²) in [4.78, 5) is 26.0. The lowest BCUT2D eigenvalue weighted by atomic mass is 9.98. The van der Waals surface area contributed by atoms with Crippen molar-refractivity contribution in [3.8, 4) is 0 Å². The lowest BCUT2D eigenvalue weighted by molar-refractivity contribution is -0.142. The molecular weight excluding hydrogens is 290 g/mol. The van der Waals surface area contributed by atoms with E-state index in [9.17, 15) is 9.59 Å². The highest BCUT2D eigenvalue weighted by atomic mass is 35.5. The first-order valence-corrected chi connectivity index (χ1v) is 7.54. The third kappa shape index (κ3) is 3.76. The highest BCUT2D eigenvalue weighted by Gasteiger charge is 2.30. The van der Waals surface area contributed by atoms with Crippen molar-refractivity contribution in [1.82, 2.24) is 4.90 Å². The number of amides is 1. The summed E-state index contributed by atoms with van der Waals surface area (Å²) in [6.07, 6.45) is 3.04. The largest absolute Gasteiger partial charge is 0.469 e. The number of hydrogen-bond acceptors (Lipinski definition) is 3. The maximum absolute atomic E-state index is 12.7. The van der Waals surface area contributed by atoms with Crippen LogP contribution in [0.5, 0.6) is 0 Å². The molecule has 0 radical (unpaired) electrons. The van der Waals surface area contributed by atoms with Gasteiger partial charge in [-0.1, -0.05) is 17.7 Å². The van der Waals surface area contributed by atoms with Crippen molar-refractivity contribution in [1.29, 1.82) is 0 Å². The minimum atomic E-state index is -0.283. The Morgan fingerprint density at radius 3 is 2.81 bits per heavy atom. The highest BCUT2D eigenvalue weighted by Crippen LogP contribution is 2.25. The first-order chi connectivity index (χ1) is 10.0. The van der Waals surface area contributed by atoms with Crippen molar-refractivity contribution in [2.75, 3.05) is 13.7 Å². The predicted molar refractivity (Wildman–Crippen MR) is 81.5 cm³/mol. The molecule has 1 aliphatic heterocycles. The molecule has 0 aliphatic carbocycles. The van der Waals surface area contributed by atoms with Crippen LogP contribution in [0.1, 0.15) is 41.6 Å². The van der Waals surface area contributed by atoms with Crippen LogP contribution in [0.3, 0.4) is 0 Å². The Morgan fingerprint density at radius 1 is 1.38 bits per heavy atom. The van der Waals surface area contributed by atoms with Crippen LogP contribution < -0.4 is 0 Å². The second kappa shape index (κ2) is 6.94. The molecule has 1 saturated heterocycles. The third-order valence-electron chi connectivity index (χ3n) is 3.87. The van der Waals surface area contributed by atoms with E-state index in [1.165, 1.54) is 7.11 Å². The average molecular weight is 310 g/mol. The summed E-state index contributed by atoms with van der Waals surface area (Å²) in [6.45, 7) is 2.59. The molecule has 0 N–H and O–H groups in total. The van der Waals surface area contributed by atoms with Crippen LogP contribution in [-0.4, -0.2) is 36.5 Å². The Balaban J connectivity index is 2.20. The number of esters is 1. The number of aryl methyl sites for hydroxylation is 1. The van der Waals surface area contributed by atoms with Crippen LogP contribution in [0.4, 0.5) is 0 Å². The molecule has 1 aliphatic rings. The SMILES string of the molecule is COC(=O)CC1CCCCN1C(=O)c1ccc(C)cc1Cl. The topological polar surface area (TPSA) is 46.6 Å². The summed E-state index contributed by atoms with van der Waals surface area (Å²) in [6, 6.07) is 5.31. The Labute approximate surface area is 130 Å². The number of rotatable bonds is 3. The monoisotopic (exact) mass is 309 g/mol. The van der Waals surface area contributed by atoms with Crippen molar-refractivity contribution in [2.45, 2.75) is 38.6 Å². The average Bonchev–Trinajstić information content (AvgIpc) is 2.47. The number of halogens is 1. The van der Waals surface area contributed by atoms with E-state index in [1.54, 1.807) is 17.0 Å². The van der Waals surface area contributed by atoms with Crippen LogP contribution in [0, 0.1) is 6.92 Å². The Bertz CT molecular complexity index is 544. The first kappa shape index (κ1) is 15.8. The molecule has 1 amide bonds. The summed E-state index contributed by atoms with van der Waals surface area (Å²) in [7, 11) is 1.37. The van der Waals surface area contributed by atoms with E-state index in [1.807, 2.05) is 13.0 Å². The number of ether oxygens (including phenoxy) is 1. The smallest absolute Gasteiger partial charge is 0.307 e. The number of carbonyl (C=O) groups is 2. The molecule has 5 heteroatoms. The fourth-order valence-corrected chi connectivity index (χ4v) is 3.02. The normalized spacial score (nSPS) is 18.4. The lowest BCUT2D eigenvalue weighted by Gasteiger charge is -2.35. The van der Waals surface area contributed by atoms with Gasteiger partial charge in [-0.3, -0.25) is 9.59 Å². The number of likely N-dealkylation sites (tertiary alicyclic amines) is 1. The molecule has 1 fully saturated rings. The van der Waals surface area contributed by atoms with Crippen LogP contribution in [-0.2, 0) is 9.53 Å². The number of carbonyl (C=O) groups excluding carboxylic acids is 2. The quantitative estimate of drug-likeness (QED) is 0.806.